The van der Waals surface area contributed by atoms with E-state index in [2.05, 4.69) is 30.7 Å². The van der Waals surface area contributed by atoms with E-state index in [-0.39, 0.29) is 24.0 Å². The first-order valence-electron chi connectivity index (χ1n) is 8.14. The summed E-state index contributed by atoms with van der Waals surface area (Å²) in [6, 6.07) is 0.342. The van der Waals surface area contributed by atoms with Crippen LogP contribution in [0.4, 0.5) is 0 Å². The van der Waals surface area contributed by atoms with Crippen LogP contribution in [0.1, 0.15) is 24.5 Å². The first-order chi connectivity index (χ1) is 11.7. The molecule has 2 aromatic heterocycles. The summed E-state index contributed by atoms with van der Waals surface area (Å²) in [6.07, 6.45) is 4.93. The maximum Gasteiger partial charge on any atom is 0.191 e. The van der Waals surface area contributed by atoms with Gasteiger partial charge in [-0.25, -0.2) is 14.6 Å². The van der Waals surface area contributed by atoms with Crippen molar-refractivity contribution in [3.05, 3.63) is 23.2 Å². The van der Waals surface area contributed by atoms with Crippen LogP contribution in [0.2, 0.25) is 0 Å². The van der Waals surface area contributed by atoms with E-state index >= 15 is 0 Å². The number of aromatic nitrogens is 4. The molecule has 0 spiro atoms. The van der Waals surface area contributed by atoms with Gasteiger partial charge in [0.15, 0.2) is 5.96 Å². The third kappa shape index (κ3) is 6.10. The fourth-order valence-corrected chi connectivity index (χ4v) is 4.31. The Kier molecular flexibility index (Phi) is 8.43. The van der Waals surface area contributed by atoms with Crippen LogP contribution < -0.4 is 10.6 Å². The molecule has 1 aliphatic rings. The normalized spacial score (nSPS) is 16.9. The summed E-state index contributed by atoms with van der Waals surface area (Å²) in [4.78, 5) is 13.0. The lowest BCUT2D eigenvalue weighted by Gasteiger charge is -2.25. The molecule has 1 atom stereocenters. The summed E-state index contributed by atoms with van der Waals surface area (Å²) in [5.41, 5.74) is 0. The predicted molar refractivity (Wildman–Crippen MR) is 114 cm³/mol. The fraction of sp³-hybridized carbons (Fsp3) is 0.600. The van der Waals surface area contributed by atoms with Crippen LogP contribution in [-0.2, 0) is 13.0 Å². The summed E-state index contributed by atoms with van der Waals surface area (Å²) in [5, 5.41) is 13.3. The van der Waals surface area contributed by atoms with Gasteiger partial charge in [0.1, 0.15) is 16.0 Å². The minimum absolute atomic E-state index is 0. The van der Waals surface area contributed by atoms with Crippen LogP contribution in [0.25, 0.3) is 0 Å². The minimum Gasteiger partial charge on any atom is -0.356 e. The SMILES string of the molecule is CN=C(NCCCSc1nccs1)NC1CCc2nc(C)nn2C1.I. The van der Waals surface area contributed by atoms with Crippen molar-refractivity contribution >= 4 is 53.0 Å². The lowest BCUT2D eigenvalue weighted by Crippen LogP contribution is -2.47. The average Bonchev–Trinajstić information content (AvgIpc) is 3.21. The first-order valence-corrected chi connectivity index (χ1v) is 10.0. The highest BCUT2D eigenvalue weighted by Crippen LogP contribution is 2.20. The minimum atomic E-state index is 0. The van der Waals surface area contributed by atoms with Gasteiger partial charge in [-0.05, 0) is 19.8 Å². The maximum atomic E-state index is 4.45. The summed E-state index contributed by atoms with van der Waals surface area (Å²) in [6.45, 7) is 3.69. The number of guanidine groups is 1. The molecule has 7 nitrogen and oxygen atoms in total. The number of rotatable bonds is 6. The number of hydrogen-bond acceptors (Lipinski definition) is 6. The van der Waals surface area contributed by atoms with Crippen LogP contribution in [-0.4, -0.2) is 51.1 Å². The average molecular weight is 493 g/mol. The highest BCUT2D eigenvalue weighted by Gasteiger charge is 2.21. The number of thioether (sulfide) groups is 1. The molecule has 0 aromatic carbocycles. The van der Waals surface area contributed by atoms with Gasteiger partial charge in [0.25, 0.3) is 0 Å². The smallest absolute Gasteiger partial charge is 0.191 e. The van der Waals surface area contributed by atoms with E-state index in [0.717, 1.165) is 60.1 Å². The molecule has 0 radical (unpaired) electrons. The molecular weight excluding hydrogens is 469 g/mol. The van der Waals surface area contributed by atoms with E-state index in [1.165, 1.54) is 0 Å². The highest BCUT2D eigenvalue weighted by molar-refractivity contribution is 14.0. The van der Waals surface area contributed by atoms with Crippen molar-refractivity contribution in [2.75, 3.05) is 19.3 Å². The van der Waals surface area contributed by atoms with E-state index in [9.17, 15) is 0 Å². The van der Waals surface area contributed by atoms with Crippen molar-refractivity contribution < 1.29 is 0 Å². The summed E-state index contributed by atoms with van der Waals surface area (Å²) < 4.78 is 3.15. The molecule has 1 aliphatic heterocycles. The second-order valence-electron chi connectivity index (χ2n) is 5.64. The lowest BCUT2D eigenvalue weighted by molar-refractivity contribution is 0.392. The Morgan fingerprint density at radius 3 is 3.16 bits per heavy atom. The van der Waals surface area contributed by atoms with Gasteiger partial charge in [-0.1, -0.05) is 11.8 Å². The van der Waals surface area contributed by atoms with Crippen molar-refractivity contribution in [2.24, 2.45) is 4.99 Å². The quantitative estimate of drug-likeness (QED) is 0.212. The van der Waals surface area contributed by atoms with Gasteiger partial charge in [0, 0.05) is 43.4 Å². The van der Waals surface area contributed by atoms with E-state index in [0.29, 0.717) is 6.04 Å². The second-order valence-corrected chi connectivity index (χ2v) is 7.87. The summed E-state index contributed by atoms with van der Waals surface area (Å²) in [7, 11) is 1.81. The number of nitrogens with one attached hydrogen (secondary N) is 2. The molecule has 2 aromatic rings. The molecular formula is C15H24IN7S2. The number of thiazole rings is 1. The molecule has 10 heteroatoms. The molecule has 2 N–H and O–H groups in total. The Labute approximate surface area is 173 Å². The first kappa shape index (κ1) is 20.4. The van der Waals surface area contributed by atoms with E-state index in [1.54, 1.807) is 23.1 Å². The molecule has 0 fully saturated rings. The van der Waals surface area contributed by atoms with E-state index in [1.807, 2.05) is 30.2 Å². The van der Waals surface area contributed by atoms with Crippen LogP contribution in [0.3, 0.4) is 0 Å². The van der Waals surface area contributed by atoms with Crippen molar-refractivity contribution in [1.29, 1.82) is 0 Å². The zero-order chi connectivity index (χ0) is 16.8. The highest BCUT2D eigenvalue weighted by atomic mass is 127. The zero-order valence-electron chi connectivity index (χ0n) is 14.4. The van der Waals surface area contributed by atoms with Crippen molar-refractivity contribution in [3.8, 4) is 0 Å². The van der Waals surface area contributed by atoms with Gasteiger partial charge in [-0.3, -0.25) is 4.99 Å². The summed E-state index contributed by atoms with van der Waals surface area (Å²) >= 11 is 3.50. The largest absolute Gasteiger partial charge is 0.356 e. The predicted octanol–water partition coefficient (Wildman–Crippen LogP) is 2.32. The molecule has 3 rings (SSSR count). The Bertz CT molecular complexity index is 671. The molecule has 0 saturated heterocycles. The Morgan fingerprint density at radius 2 is 2.40 bits per heavy atom. The van der Waals surface area contributed by atoms with Crippen LogP contribution in [0.15, 0.2) is 20.9 Å². The number of aryl methyl sites for hydroxylation is 2. The molecule has 1 unspecified atom stereocenters. The Balaban J connectivity index is 0.00000225. The number of aliphatic imine (C=N–C) groups is 1. The van der Waals surface area contributed by atoms with Gasteiger partial charge >= 0.3 is 0 Å². The fourth-order valence-electron chi connectivity index (χ4n) is 2.66. The molecule has 25 heavy (non-hydrogen) atoms. The van der Waals surface area contributed by atoms with E-state index in [4.69, 9.17) is 0 Å². The Morgan fingerprint density at radius 1 is 1.52 bits per heavy atom. The Hall–Kier alpha value is -0.880. The monoisotopic (exact) mass is 493 g/mol. The number of nitrogens with zero attached hydrogens (tertiary/aromatic N) is 5. The number of fused-ring (bicyclic) bond motifs is 1. The molecule has 138 valence electrons. The van der Waals surface area contributed by atoms with Crippen molar-refractivity contribution in [3.63, 3.8) is 0 Å². The van der Waals surface area contributed by atoms with Gasteiger partial charge in [-0.2, -0.15) is 5.10 Å². The molecule has 3 heterocycles. The topological polar surface area (TPSA) is 80.0 Å². The van der Waals surface area contributed by atoms with Crippen molar-refractivity contribution in [1.82, 2.24) is 30.4 Å². The number of hydrogen-bond donors (Lipinski definition) is 2. The summed E-state index contributed by atoms with van der Waals surface area (Å²) in [5.74, 6) is 3.86. The third-order valence-corrected chi connectivity index (χ3v) is 5.83. The lowest BCUT2D eigenvalue weighted by atomic mass is 10.1. The van der Waals surface area contributed by atoms with Crippen LogP contribution in [0, 0.1) is 6.92 Å². The van der Waals surface area contributed by atoms with Gasteiger partial charge < -0.3 is 10.6 Å². The third-order valence-electron chi connectivity index (χ3n) is 3.78. The maximum absolute atomic E-state index is 4.45. The van der Waals surface area contributed by atoms with Crippen molar-refractivity contribution in [2.45, 2.75) is 43.1 Å². The van der Waals surface area contributed by atoms with Gasteiger partial charge in [0.05, 0.1) is 6.54 Å². The molecule has 0 amide bonds. The van der Waals surface area contributed by atoms with Crippen LogP contribution in [0.5, 0.6) is 0 Å². The zero-order valence-corrected chi connectivity index (χ0v) is 18.4. The molecule has 0 bridgehead atoms. The second kappa shape index (κ2) is 10.3. The standard InChI is InChI=1S/C15H23N7S2.HI/c1-11-19-13-5-4-12(10-22(13)21-11)20-14(16-2)17-6-3-8-23-15-18-7-9-24-15;/h7,9,12H,3-6,8,10H2,1-2H3,(H2,16,17,20);1H. The van der Waals surface area contributed by atoms with Gasteiger partial charge in [-0.15, -0.1) is 35.3 Å². The molecule has 0 saturated carbocycles. The van der Waals surface area contributed by atoms with E-state index < -0.39 is 0 Å². The molecule has 0 aliphatic carbocycles. The number of halogens is 1. The van der Waals surface area contributed by atoms with Crippen LogP contribution >= 0.6 is 47.1 Å². The van der Waals surface area contributed by atoms with Gasteiger partial charge in [0.2, 0.25) is 0 Å².